The highest BCUT2D eigenvalue weighted by Crippen LogP contribution is 2.09. The van der Waals surface area contributed by atoms with Gasteiger partial charge in [-0.2, -0.15) is 0 Å². The number of rotatable bonds is 11. The molecule has 0 aromatic carbocycles. The third-order valence-electron chi connectivity index (χ3n) is 3.09. The van der Waals surface area contributed by atoms with Gasteiger partial charge in [0.25, 0.3) is 0 Å². The summed E-state index contributed by atoms with van der Waals surface area (Å²) in [6.07, 6.45) is 6.29. The fourth-order valence-corrected chi connectivity index (χ4v) is 2.02. The molecule has 0 spiro atoms. The van der Waals surface area contributed by atoms with E-state index in [0.29, 0.717) is 13.0 Å². The molecule has 0 fully saturated rings. The van der Waals surface area contributed by atoms with Crippen molar-refractivity contribution in [3.05, 3.63) is 0 Å². The number of hydrogen-bond acceptors (Lipinski definition) is 2. The standard InChI is InChI=1S/C15H29NO3/c1-12(2)8-6-4-5-7-9-16-14(17)10-13(3)11-15(18)19/h12-13H,4-11H2,1-3H3,(H,16,17)(H,18,19). The van der Waals surface area contributed by atoms with Crippen molar-refractivity contribution < 1.29 is 14.7 Å². The van der Waals surface area contributed by atoms with Crippen LogP contribution < -0.4 is 5.32 Å². The molecule has 0 rings (SSSR count). The number of carboxylic acid groups (broad SMARTS) is 1. The van der Waals surface area contributed by atoms with Gasteiger partial charge in [-0.25, -0.2) is 0 Å². The van der Waals surface area contributed by atoms with Crippen molar-refractivity contribution in [3.63, 3.8) is 0 Å². The van der Waals surface area contributed by atoms with Gasteiger partial charge in [0.1, 0.15) is 0 Å². The molecule has 0 aliphatic rings. The summed E-state index contributed by atoms with van der Waals surface area (Å²) in [5.74, 6) is -0.194. The lowest BCUT2D eigenvalue weighted by Gasteiger charge is -2.09. The van der Waals surface area contributed by atoms with Crippen LogP contribution >= 0.6 is 0 Å². The van der Waals surface area contributed by atoms with Crippen LogP contribution in [0.3, 0.4) is 0 Å². The quantitative estimate of drug-likeness (QED) is 0.567. The van der Waals surface area contributed by atoms with Gasteiger partial charge in [0.2, 0.25) is 5.91 Å². The van der Waals surface area contributed by atoms with E-state index in [2.05, 4.69) is 19.2 Å². The molecule has 4 nitrogen and oxygen atoms in total. The van der Waals surface area contributed by atoms with Crippen molar-refractivity contribution in [2.24, 2.45) is 11.8 Å². The average molecular weight is 271 g/mol. The normalized spacial score (nSPS) is 12.4. The summed E-state index contributed by atoms with van der Waals surface area (Å²) in [7, 11) is 0. The SMILES string of the molecule is CC(C)CCCCCCNC(=O)CC(C)CC(=O)O. The number of carbonyl (C=O) groups excluding carboxylic acids is 1. The maximum Gasteiger partial charge on any atom is 0.303 e. The number of aliphatic carboxylic acids is 1. The third-order valence-corrected chi connectivity index (χ3v) is 3.09. The molecule has 0 aliphatic carbocycles. The predicted molar refractivity (Wildman–Crippen MR) is 77.0 cm³/mol. The average Bonchev–Trinajstić information content (AvgIpc) is 2.25. The molecule has 0 saturated carbocycles. The monoisotopic (exact) mass is 271 g/mol. The van der Waals surface area contributed by atoms with Crippen LogP contribution in [0.4, 0.5) is 0 Å². The second-order valence-electron chi connectivity index (χ2n) is 5.85. The lowest BCUT2D eigenvalue weighted by Crippen LogP contribution is -2.26. The molecule has 19 heavy (non-hydrogen) atoms. The van der Waals surface area contributed by atoms with Crippen molar-refractivity contribution in [1.82, 2.24) is 5.32 Å². The van der Waals surface area contributed by atoms with Gasteiger partial charge in [0.15, 0.2) is 0 Å². The molecule has 1 atom stereocenters. The first-order valence-electron chi connectivity index (χ1n) is 7.40. The van der Waals surface area contributed by atoms with Crippen LogP contribution in [-0.4, -0.2) is 23.5 Å². The molecule has 0 radical (unpaired) electrons. The van der Waals surface area contributed by atoms with Gasteiger partial charge in [-0.05, 0) is 18.3 Å². The van der Waals surface area contributed by atoms with Crippen molar-refractivity contribution >= 4 is 11.9 Å². The fraction of sp³-hybridized carbons (Fsp3) is 0.867. The molecule has 0 saturated heterocycles. The summed E-state index contributed by atoms with van der Waals surface area (Å²) < 4.78 is 0. The summed E-state index contributed by atoms with van der Waals surface area (Å²) in [5.41, 5.74) is 0. The number of carboxylic acids is 1. The largest absolute Gasteiger partial charge is 0.481 e. The predicted octanol–water partition coefficient (Wildman–Crippen LogP) is 3.21. The topological polar surface area (TPSA) is 66.4 Å². The summed E-state index contributed by atoms with van der Waals surface area (Å²) in [4.78, 5) is 22.0. The van der Waals surface area contributed by atoms with Gasteiger partial charge < -0.3 is 10.4 Å². The van der Waals surface area contributed by atoms with Gasteiger partial charge in [0.05, 0.1) is 0 Å². The highest BCUT2D eigenvalue weighted by Gasteiger charge is 2.11. The second kappa shape index (κ2) is 10.8. The molecule has 4 heteroatoms. The van der Waals surface area contributed by atoms with Crippen LogP contribution in [0.2, 0.25) is 0 Å². The maximum absolute atomic E-state index is 11.5. The highest BCUT2D eigenvalue weighted by molar-refractivity contribution is 5.77. The molecule has 0 bridgehead atoms. The number of hydrogen-bond donors (Lipinski definition) is 2. The molecular weight excluding hydrogens is 242 g/mol. The fourth-order valence-electron chi connectivity index (χ4n) is 2.02. The van der Waals surface area contributed by atoms with E-state index in [4.69, 9.17) is 5.11 Å². The van der Waals surface area contributed by atoms with E-state index in [1.807, 2.05) is 0 Å². The first-order chi connectivity index (χ1) is 8.91. The van der Waals surface area contributed by atoms with E-state index in [-0.39, 0.29) is 18.2 Å². The van der Waals surface area contributed by atoms with E-state index in [1.165, 1.54) is 19.3 Å². The van der Waals surface area contributed by atoms with Gasteiger partial charge in [0, 0.05) is 19.4 Å². The minimum Gasteiger partial charge on any atom is -0.481 e. The minimum absolute atomic E-state index is 0.0315. The van der Waals surface area contributed by atoms with Gasteiger partial charge in [-0.1, -0.05) is 46.5 Å². The molecule has 1 unspecified atom stereocenters. The summed E-state index contributed by atoms with van der Waals surface area (Å²) in [6.45, 7) is 6.97. The highest BCUT2D eigenvalue weighted by atomic mass is 16.4. The first kappa shape index (κ1) is 17.9. The third kappa shape index (κ3) is 13.2. The molecule has 0 aliphatic heterocycles. The maximum atomic E-state index is 11.5. The minimum atomic E-state index is -0.842. The van der Waals surface area contributed by atoms with Crippen LogP contribution in [-0.2, 0) is 9.59 Å². The Balaban J connectivity index is 3.41. The Morgan fingerprint density at radius 3 is 2.21 bits per heavy atom. The molecule has 1 amide bonds. The molecule has 0 aromatic rings. The zero-order valence-corrected chi connectivity index (χ0v) is 12.6. The molecule has 0 aromatic heterocycles. The smallest absolute Gasteiger partial charge is 0.303 e. The van der Waals surface area contributed by atoms with Crippen molar-refractivity contribution in [3.8, 4) is 0 Å². The van der Waals surface area contributed by atoms with E-state index < -0.39 is 5.97 Å². The first-order valence-corrected chi connectivity index (χ1v) is 7.40. The molecular formula is C15H29NO3. The molecule has 2 N–H and O–H groups in total. The van der Waals surface area contributed by atoms with E-state index in [0.717, 1.165) is 18.8 Å². The lowest BCUT2D eigenvalue weighted by atomic mass is 10.0. The van der Waals surface area contributed by atoms with Gasteiger partial charge >= 0.3 is 5.97 Å². The Bertz CT molecular complexity index is 264. The number of carbonyl (C=O) groups is 2. The number of unbranched alkanes of at least 4 members (excludes halogenated alkanes) is 3. The van der Waals surface area contributed by atoms with Crippen LogP contribution in [0.1, 0.15) is 65.7 Å². The lowest BCUT2D eigenvalue weighted by molar-refractivity contribution is -0.138. The van der Waals surface area contributed by atoms with Crippen molar-refractivity contribution in [2.75, 3.05) is 6.54 Å². The second-order valence-corrected chi connectivity index (χ2v) is 5.85. The van der Waals surface area contributed by atoms with Crippen LogP contribution in [0.5, 0.6) is 0 Å². The Hall–Kier alpha value is -1.06. The van der Waals surface area contributed by atoms with E-state index in [9.17, 15) is 9.59 Å². The molecule has 0 heterocycles. The zero-order chi connectivity index (χ0) is 14.7. The zero-order valence-electron chi connectivity index (χ0n) is 12.6. The van der Waals surface area contributed by atoms with Crippen LogP contribution in [0, 0.1) is 11.8 Å². The van der Waals surface area contributed by atoms with E-state index in [1.54, 1.807) is 6.92 Å². The summed E-state index contributed by atoms with van der Waals surface area (Å²) in [6, 6.07) is 0. The Labute approximate surface area is 117 Å². The van der Waals surface area contributed by atoms with Gasteiger partial charge in [-0.3, -0.25) is 9.59 Å². The van der Waals surface area contributed by atoms with E-state index >= 15 is 0 Å². The Morgan fingerprint density at radius 2 is 1.63 bits per heavy atom. The van der Waals surface area contributed by atoms with Crippen LogP contribution in [0.25, 0.3) is 0 Å². The Morgan fingerprint density at radius 1 is 1.00 bits per heavy atom. The summed E-state index contributed by atoms with van der Waals surface area (Å²) in [5, 5.41) is 11.5. The number of nitrogens with one attached hydrogen (secondary N) is 1. The number of amides is 1. The van der Waals surface area contributed by atoms with Crippen molar-refractivity contribution in [2.45, 2.75) is 65.7 Å². The molecule has 112 valence electrons. The van der Waals surface area contributed by atoms with Crippen molar-refractivity contribution in [1.29, 1.82) is 0 Å². The Kier molecular flexibility index (Phi) is 10.2. The van der Waals surface area contributed by atoms with Gasteiger partial charge in [-0.15, -0.1) is 0 Å². The van der Waals surface area contributed by atoms with Crippen LogP contribution in [0.15, 0.2) is 0 Å². The summed E-state index contributed by atoms with van der Waals surface area (Å²) >= 11 is 0.